The first-order valence-electron chi connectivity index (χ1n) is 7.73. The molecule has 0 unspecified atom stereocenters. The van der Waals surface area contributed by atoms with E-state index in [1.807, 2.05) is 0 Å². The van der Waals surface area contributed by atoms with Gasteiger partial charge in [0.1, 0.15) is 0 Å². The second kappa shape index (κ2) is 21.0. The molecule has 112 valence electrons. The van der Waals surface area contributed by atoms with E-state index in [1.165, 1.54) is 52.1 Å². The molecular formula is C16H36MgN2. The van der Waals surface area contributed by atoms with Crippen LogP contribution in [0.15, 0.2) is 0 Å². The molecule has 0 aliphatic carbocycles. The van der Waals surface area contributed by atoms with Crippen molar-refractivity contribution in [2.75, 3.05) is 39.3 Å². The minimum Gasteiger partial charge on any atom is -0.343 e. The van der Waals surface area contributed by atoms with Crippen LogP contribution < -0.4 is 0 Å². The molecule has 0 fully saturated rings. The zero-order chi connectivity index (χ0) is 14.2. The Morgan fingerprint density at radius 2 is 0.895 bits per heavy atom. The summed E-state index contributed by atoms with van der Waals surface area (Å²) in [5.74, 6) is 0. The molecule has 3 heteroatoms. The molecule has 0 radical (unpaired) electrons. The average Bonchev–Trinajstić information content (AvgIpc) is 2.42. The normalized spacial score (nSPS) is 10.1. The van der Waals surface area contributed by atoms with Crippen molar-refractivity contribution in [2.24, 2.45) is 0 Å². The van der Waals surface area contributed by atoms with E-state index in [9.17, 15) is 0 Å². The van der Waals surface area contributed by atoms with Crippen molar-refractivity contribution < 1.29 is 0 Å². The van der Waals surface area contributed by atoms with Crippen LogP contribution in [0.25, 0.3) is 0 Å². The summed E-state index contributed by atoms with van der Waals surface area (Å²) in [4.78, 5) is 4.84. The Morgan fingerprint density at radius 1 is 0.632 bits per heavy atom. The number of unbranched alkanes of at least 4 members (excludes halogenated alkanes) is 2. The van der Waals surface area contributed by atoms with Crippen LogP contribution in [0, 0.1) is 13.8 Å². The summed E-state index contributed by atoms with van der Waals surface area (Å²) in [6, 6.07) is 0. The van der Waals surface area contributed by atoms with Crippen LogP contribution in [-0.4, -0.2) is 72.1 Å². The minimum atomic E-state index is 0. The van der Waals surface area contributed by atoms with Gasteiger partial charge in [0.2, 0.25) is 0 Å². The number of hydrogen-bond acceptors (Lipinski definition) is 2. The third kappa shape index (κ3) is 18.7. The van der Waals surface area contributed by atoms with Crippen molar-refractivity contribution in [3.05, 3.63) is 13.8 Å². The number of nitrogens with zero attached hydrogens (tertiary/aromatic N) is 2. The van der Waals surface area contributed by atoms with E-state index in [-0.39, 0.29) is 23.1 Å². The number of hydrogen-bond donors (Lipinski definition) is 0. The summed E-state index contributed by atoms with van der Waals surface area (Å²) in [7, 11) is 0. The maximum atomic E-state index is 3.80. The van der Waals surface area contributed by atoms with Gasteiger partial charge in [-0.3, -0.25) is 0 Å². The van der Waals surface area contributed by atoms with Crippen LogP contribution >= 0.6 is 0 Å². The van der Waals surface area contributed by atoms with Crippen molar-refractivity contribution >= 4 is 23.1 Å². The Labute approximate surface area is 139 Å². The first-order chi connectivity index (χ1) is 8.69. The number of rotatable bonds is 10. The molecule has 0 aliphatic heterocycles. The van der Waals surface area contributed by atoms with Gasteiger partial charge in [-0.25, -0.2) is 0 Å². The Balaban J connectivity index is -0.000000256. The van der Waals surface area contributed by atoms with Crippen molar-refractivity contribution in [1.82, 2.24) is 9.80 Å². The molecule has 0 atom stereocenters. The van der Waals surface area contributed by atoms with E-state index in [0.717, 1.165) is 12.8 Å². The predicted octanol–water partition coefficient (Wildman–Crippen LogP) is 3.50. The van der Waals surface area contributed by atoms with Gasteiger partial charge >= 0.3 is 23.1 Å². The average molecular weight is 281 g/mol. The smallest absolute Gasteiger partial charge is 0.343 e. The third-order valence-electron chi connectivity index (χ3n) is 3.24. The molecule has 0 aromatic rings. The fourth-order valence-electron chi connectivity index (χ4n) is 1.75. The van der Waals surface area contributed by atoms with Gasteiger partial charge in [-0.1, -0.05) is 40.5 Å². The minimum absolute atomic E-state index is 0. The second-order valence-corrected chi connectivity index (χ2v) is 4.47. The second-order valence-electron chi connectivity index (χ2n) is 4.47. The van der Waals surface area contributed by atoms with Crippen LogP contribution in [-0.2, 0) is 0 Å². The van der Waals surface area contributed by atoms with Gasteiger partial charge in [0.25, 0.3) is 0 Å². The van der Waals surface area contributed by atoms with E-state index >= 15 is 0 Å². The van der Waals surface area contributed by atoms with Gasteiger partial charge in [0, 0.05) is 0 Å². The zero-order valence-corrected chi connectivity index (χ0v) is 15.5. The van der Waals surface area contributed by atoms with Gasteiger partial charge in [0.15, 0.2) is 0 Å². The van der Waals surface area contributed by atoms with E-state index in [4.69, 9.17) is 0 Å². The first kappa shape index (κ1) is 24.7. The largest absolute Gasteiger partial charge is 2.00 e. The quantitative estimate of drug-likeness (QED) is 0.446. The van der Waals surface area contributed by atoms with Gasteiger partial charge in [-0.15, -0.1) is 0 Å². The summed E-state index contributed by atoms with van der Waals surface area (Å²) in [6.45, 7) is 23.5. The van der Waals surface area contributed by atoms with Crippen LogP contribution in [0.1, 0.15) is 53.4 Å². The monoisotopic (exact) mass is 280 g/mol. The SMILES string of the molecule is [CH2-]CCCN(CC)CC.[CH2-]CCCN(CC)CC.[Mg+2]. The molecule has 0 spiro atoms. The van der Waals surface area contributed by atoms with Crippen LogP contribution in [0.3, 0.4) is 0 Å². The van der Waals surface area contributed by atoms with Crippen molar-refractivity contribution in [3.8, 4) is 0 Å². The predicted molar refractivity (Wildman–Crippen MR) is 90.5 cm³/mol. The fraction of sp³-hybridized carbons (Fsp3) is 0.875. The third-order valence-corrected chi connectivity index (χ3v) is 3.24. The molecular weight excluding hydrogens is 244 g/mol. The summed E-state index contributed by atoms with van der Waals surface area (Å²) in [6.07, 6.45) is 4.61. The summed E-state index contributed by atoms with van der Waals surface area (Å²) >= 11 is 0. The molecule has 0 saturated heterocycles. The Hall–Kier alpha value is 0.686. The first-order valence-corrected chi connectivity index (χ1v) is 7.73. The Kier molecular flexibility index (Phi) is 27.3. The topological polar surface area (TPSA) is 6.48 Å². The summed E-state index contributed by atoms with van der Waals surface area (Å²) in [5, 5.41) is 0. The Morgan fingerprint density at radius 3 is 1.05 bits per heavy atom. The van der Waals surface area contributed by atoms with Gasteiger partial charge < -0.3 is 23.6 Å². The molecule has 0 heterocycles. The van der Waals surface area contributed by atoms with Crippen molar-refractivity contribution in [2.45, 2.75) is 53.4 Å². The van der Waals surface area contributed by atoms with Crippen LogP contribution in [0.5, 0.6) is 0 Å². The molecule has 0 aromatic heterocycles. The standard InChI is InChI=1S/2C8H18N.Mg/c2*1-4-7-8-9(5-2)6-3;/h2*1,4-8H2,2-3H3;/q2*-1;+2. The maximum absolute atomic E-state index is 3.80. The van der Waals surface area contributed by atoms with Crippen LogP contribution in [0.4, 0.5) is 0 Å². The molecule has 0 rings (SSSR count). The fourth-order valence-corrected chi connectivity index (χ4v) is 1.75. The summed E-state index contributed by atoms with van der Waals surface area (Å²) in [5.41, 5.74) is 0. The van der Waals surface area contributed by atoms with Gasteiger partial charge in [-0.05, 0) is 39.3 Å². The molecule has 0 aliphatic rings. The molecule has 0 amide bonds. The van der Waals surface area contributed by atoms with Crippen molar-refractivity contribution in [1.29, 1.82) is 0 Å². The summed E-state index contributed by atoms with van der Waals surface area (Å²) < 4.78 is 0. The molecule has 0 aromatic carbocycles. The molecule has 0 bridgehead atoms. The van der Waals surface area contributed by atoms with E-state index in [2.05, 4.69) is 51.3 Å². The zero-order valence-electron chi connectivity index (χ0n) is 14.1. The van der Waals surface area contributed by atoms with Gasteiger partial charge in [-0.2, -0.15) is 12.8 Å². The Bertz CT molecular complexity index is 119. The van der Waals surface area contributed by atoms with Crippen molar-refractivity contribution in [3.63, 3.8) is 0 Å². The molecule has 0 saturated carbocycles. The maximum Gasteiger partial charge on any atom is 2.00 e. The van der Waals surface area contributed by atoms with Crippen LogP contribution in [0.2, 0.25) is 0 Å². The molecule has 2 nitrogen and oxygen atoms in total. The van der Waals surface area contributed by atoms with E-state index in [0.29, 0.717) is 0 Å². The molecule has 19 heavy (non-hydrogen) atoms. The van der Waals surface area contributed by atoms with E-state index in [1.54, 1.807) is 0 Å². The van der Waals surface area contributed by atoms with Gasteiger partial charge in [0.05, 0.1) is 0 Å². The molecule has 0 N–H and O–H groups in total. The van der Waals surface area contributed by atoms with E-state index < -0.39 is 0 Å².